The average Bonchev–Trinajstić information content (AvgIpc) is 2.35. The zero-order valence-corrected chi connectivity index (χ0v) is 11.7. The van der Waals surface area contributed by atoms with Crippen molar-refractivity contribution in [2.75, 3.05) is 29.7 Å². The summed E-state index contributed by atoms with van der Waals surface area (Å²) >= 11 is 1.79. The number of nitrogens with zero attached hydrogens (tertiary/aromatic N) is 2. The number of carboxylic acids is 1. The lowest BCUT2D eigenvalue weighted by atomic mass is 10.2. The van der Waals surface area contributed by atoms with Crippen LogP contribution in [0.5, 0.6) is 0 Å². The Balaban J connectivity index is 2.89. The molecule has 6 heteroatoms. The SMILES string of the molecule is CSCCC(C)N(C)c1cc(C(=O)O)c(N)cn1. The summed E-state index contributed by atoms with van der Waals surface area (Å²) < 4.78 is 0. The van der Waals surface area contributed by atoms with Crippen molar-refractivity contribution in [3.63, 3.8) is 0 Å². The van der Waals surface area contributed by atoms with Crippen molar-refractivity contribution >= 4 is 29.2 Å². The van der Waals surface area contributed by atoms with E-state index in [1.54, 1.807) is 11.8 Å². The molecule has 1 heterocycles. The lowest BCUT2D eigenvalue weighted by Gasteiger charge is -2.26. The Morgan fingerprint density at radius 2 is 2.33 bits per heavy atom. The standard InChI is InChI=1S/C12H19N3O2S/c1-8(4-5-18-3)15(2)11-6-9(12(16)17)10(13)7-14-11/h6-8H,4-5,13H2,1-3H3,(H,16,17). The molecule has 0 fully saturated rings. The van der Waals surface area contributed by atoms with Gasteiger partial charge in [-0.05, 0) is 31.4 Å². The van der Waals surface area contributed by atoms with E-state index in [2.05, 4.69) is 18.2 Å². The molecule has 1 atom stereocenters. The van der Waals surface area contributed by atoms with Gasteiger partial charge in [0.2, 0.25) is 0 Å². The van der Waals surface area contributed by atoms with E-state index in [1.165, 1.54) is 12.3 Å². The molecule has 1 rings (SSSR count). The number of anilines is 2. The second-order valence-electron chi connectivity index (χ2n) is 4.18. The van der Waals surface area contributed by atoms with E-state index >= 15 is 0 Å². The molecule has 3 N–H and O–H groups in total. The number of pyridine rings is 1. The summed E-state index contributed by atoms with van der Waals surface area (Å²) in [5.41, 5.74) is 5.87. The summed E-state index contributed by atoms with van der Waals surface area (Å²) in [5.74, 6) is 0.670. The van der Waals surface area contributed by atoms with Crippen molar-refractivity contribution in [2.45, 2.75) is 19.4 Å². The number of hydrogen-bond donors (Lipinski definition) is 2. The minimum atomic E-state index is -1.03. The van der Waals surface area contributed by atoms with Crippen LogP contribution >= 0.6 is 11.8 Å². The second-order valence-corrected chi connectivity index (χ2v) is 5.16. The average molecular weight is 269 g/mol. The van der Waals surface area contributed by atoms with E-state index < -0.39 is 5.97 Å². The van der Waals surface area contributed by atoms with Crippen LogP contribution in [-0.4, -0.2) is 41.2 Å². The lowest BCUT2D eigenvalue weighted by Crippen LogP contribution is -2.30. The molecule has 18 heavy (non-hydrogen) atoms. The Morgan fingerprint density at radius 3 is 2.89 bits per heavy atom. The Hall–Kier alpha value is -1.43. The number of carboxylic acid groups (broad SMARTS) is 1. The van der Waals surface area contributed by atoms with Gasteiger partial charge in [0.25, 0.3) is 0 Å². The molecule has 1 unspecified atom stereocenters. The van der Waals surface area contributed by atoms with Crippen LogP contribution in [0.2, 0.25) is 0 Å². The molecular formula is C12H19N3O2S. The first-order valence-corrected chi connectivity index (χ1v) is 7.07. The molecule has 0 spiro atoms. The molecule has 1 aromatic heterocycles. The van der Waals surface area contributed by atoms with Crippen molar-refractivity contribution in [3.8, 4) is 0 Å². The first-order chi connectivity index (χ1) is 8.47. The fourth-order valence-corrected chi connectivity index (χ4v) is 2.12. The molecule has 0 bridgehead atoms. The summed E-state index contributed by atoms with van der Waals surface area (Å²) in [6, 6.07) is 1.82. The summed E-state index contributed by atoms with van der Waals surface area (Å²) in [7, 11) is 1.91. The largest absolute Gasteiger partial charge is 0.478 e. The molecule has 0 aliphatic heterocycles. The van der Waals surface area contributed by atoms with E-state index in [1.807, 2.05) is 11.9 Å². The third-order valence-corrected chi connectivity index (χ3v) is 3.56. The van der Waals surface area contributed by atoms with Gasteiger partial charge in [0.05, 0.1) is 17.4 Å². The van der Waals surface area contributed by atoms with Crippen LogP contribution in [0, 0.1) is 0 Å². The fourth-order valence-electron chi connectivity index (χ4n) is 1.54. The minimum Gasteiger partial charge on any atom is -0.478 e. The Morgan fingerprint density at radius 1 is 1.67 bits per heavy atom. The van der Waals surface area contributed by atoms with Gasteiger partial charge in [-0.15, -0.1) is 0 Å². The van der Waals surface area contributed by atoms with Crippen molar-refractivity contribution in [2.24, 2.45) is 0 Å². The topological polar surface area (TPSA) is 79.5 Å². The molecule has 0 aliphatic rings. The summed E-state index contributed by atoms with van der Waals surface area (Å²) in [6.07, 6.45) is 4.49. The first-order valence-electron chi connectivity index (χ1n) is 5.68. The summed E-state index contributed by atoms with van der Waals surface area (Å²) in [5, 5.41) is 9.02. The third-order valence-electron chi connectivity index (χ3n) is 2.91. The molecule has 1 aromatic rings. The van der Waals surface area contributed by atoms with Gasteiger partial charge >= 0.3 is 5.97 Å². The third kappa shape index (κ3) is 3.53. The molecule has 0 aliphatic carbocycles. The smallest absolute Gasteiger partial charge is 0.337 e. The number of nitrogen functional groups attached to an aromatic ring is 1. The number of aromatic nitrogens is 1. The Labute approximate surface area is 111 Å². The number of thioether (sulfide) groups is 1. The Bertz CT molecular complexity index is 426. The molecule has 0 amide bonds. The van der Waals surface area contributed by atoms with E-state index in [0.29, 0.717) is 11.9 Å². The predicted molar refractivity (Wildman–Crippen MR) is 76.5 cm³/mol. The van der Waals surface area contributed by atoms with Crippen LogP contribution in [0.3, 0.4) is 0 Å². The number of aromatic carboxylic acids is 1. The first kappa shape index (κ1) is 14.6. The van der Waals surface area contributed by atoms with Gasteiger partial charge in [-0.2, -0.15) is 11.8 Å². The normalized spacial score (nSPS) is 12.2. The zero-order valence-electron chi connectivity index (χ0n) is 10.9. The maximum Gasteiger partial charge on any atom is 0.337 e. The van der Waals surface area contributed by atoms with E-state index in [9.17, 15) is 4.79 Å². The van der Waals surface area contributed by atoms with E-state index in [0.717, 1.165) is 12.2 Å². The van der Waals surface area contributed by atoms with Gasteiger partial charge in [0, 0.05) is 13.1 Å². The quantitative estimate of drug-likeness (QED) is 0.821. The molecule has 0 saturated carbocycles. The molecule has 0 aromatic carbocycles. The molecular weight excluding hydrogens is 250 g/mol. The van der Waals surface area contributed by atoms with Gasteiger partial charge in [0.1, 0.15) is 5.82 Å². The number of carbonyl (C=O) groups is 1. The number of rotatable bonds is 6. The molecule has 100 valence electrons. The highest BCUT2D eigenvalue weighted by atomic mass is 32.2. The van der Waals surface area contributed by atoms with E-state index in [4.69, 9.17) is 10.8 Å². The van der Waals surface area contributed by atoms with Crippen LogP contribution < -0.4 is 10.6 Å². The Kier molecular flexibility index (Phi) is 5.27. The van der Waals surface area contributed by atoms with Crippen LogP contribution in [-0.2, 0) is 0 Å². The highest BCUT2D eigenvalue weighted by molar-refractivity contribution is 7.98. The molecule has 0 radical (unpaired) electrons. The van der Waals surface area contributed by atoms with Gasteiger partial charge < -0.3 is 15.7 Å². The summed E-state index contributed by atoms with van der Waals surface area (Å²) in [4.78, 5) is 17.2. The minimum absolute atomic E-state index is 0.101. The van der Waals surface area contributed by atoms with Crippen molar-refractivity contribution < 1.29 is 9.90 Å². The summed E-state index contributed by atoms with van der Waals surface area (Å²) in [6.45, 7) is 2.09. The van der Waals surface area contributed by atoms with Crippen LogP contribution in [0.25, 0.3) is 0 Å². The maximum atomic E-state index is 11.0. The van der Waals surface area contributed by atoms with Crippen LogP contribution in [0.4, 0.5) is 11.5 Å². The zero-order chi connectivity index (χ0) is 13.7. The van der Waals surface area contributed by atoms with Gasteiger partial charge in [0.15, 0.2) is 0 Å². The predicted octanol–water partition coefficient (Wildman–Crippen LogP) is 1.94. The van der Waals surface area contributed by atoms with Crippen LogP contribution in [0.1, 0.15) is 23.7 Å². The fraction of sp³-hybridized carbons (Fsp3) is 0.500. The molecule has 0 saturated heterocycles. The van der Waals surface area contributed by atoms with Crippen molar-refractivity contribution in [1.29, 1.82) is 0 Å². The highest BCUT2D eigenvalue weighted by Crippen LogP contribution is 2.20. The maximum absolute atomic E-state index is 11.0. The van der Waals surface area contributed by atoms with E-state index in [-0.39, 0.29) is 11.3 Å². The van der Waals surface area contributed by atoms with Gasteiger partial charge in [-0.25, -0.2) is 9.78 Å². The van der Waals surface area contributed by atoms with Crippen LogP contribution in [0.15, 0.2) is 12.3 Å². The number of nitrogens with two attached hydrogens (primary N) is 1. The lowest BCUT2D eigenvalue weighted by molar-refractivity contribution is 0.0698. The molecule has 5 nitrogen and oxygen atoms in total. The van der Waals surface area contributed by atoms with Crippen molar-refractivity contribution in [1.82, 2.24) is 4.98 Å². The van der Waals surface area contributed by atoms with Gasteiger partial charge in [-0.1, -0.05) is 0 Å². The van der Waals surface area contributed by atoms with Gasteiger partial charge in [-0.3, -0.25) is 0 Å². The monoisotopic (exact) mass is 269 g/mol. The number of hydrogen-bond acceptors (Lipinski definition) is 5. The highest BCUT2D eigenvalue weighted by Gasteiger charge is 2.15. The van der Waals surface area contributed by atoms with Crippen molar-refractivity contribution in [3.05, 3.63) is 17.8 Å². The second kappa shape index (κ2) is 6.49.